The second kappa shape index (κ2) is 11.1. The first-order valence-corrected chi connectivity index (χ1v) is 11.6. The fourth-order valence-electron chi connectivity index (χ4n) is 3.30. The van der Waals surface area contributed by atoms with Crippen molar-refractivity contribution in [2.75, 3.05) is 18.2 Å². The number of carbonyl (C=O) groups is 1. The second-order valence-corrected chi connectivity index (χ2v) is 8.83. The van der Waals surface area contributed by atoms with Crippen molar-refractivity contribution in [3.63, 3.8) is 0 Å². The van der Waals surface area contributed by atoms with Crippen LogP contribution < -0.4 is 50.5 Å². The number of benzene rings is 4. The predicted molar refractivity (Wildman–Crippen MR) is 129 cm³/mol. The first-order valence-electron chi connectivity index (χ1n) is 10.1. The number of rotatable bonds is 6. The Morgan fingerprint density at radius 1 is 1.00 bits per heavy atom. The van der Waals surface area contributed by atoms with Gasteiger partial charge in [-0.3, -0.25) is 9.35 Å². The Morgan fingerprint density at radius 3 is 2.28 bits per heavy atom. The van der Waals surface area contributed by atoms with Gasteiger partial charge in [0.1, 0.15) is 10.6 Å². The standard InChI is InChI=1S/C24H20N4O6S.Na/c1-34-19-9-6-17(7-10-19)27-28-22-21(35(31,32)33)13-15-12-18(8-11-20(15)23(22)29)26-24(30)14-2-4-16(25)5-3-14;/h2-13,29H,25H2,1H3,(H,26,30)(H,31,32,33);/q;+1/p-1. The Morgan fingerprint density at radius 2 is 1.67 bits per heavy atom. The third-order valence-electron chi connectivity index (χ3n) is 5.08. The zero-order valence-corrected chi connectivity index (χ0v) is 22.1. The van der Waals surface area contributed by atoms with Crippen LogP contribution in [0, 0.1) is 0 Å². The number of anilines is 2. The van der Waals surface area contributed by atoms with Crippen LogP contribution >= 0.6 is 0 Å². The molecule has 0 saturated heterocycles. The number of nitrogens with one attached hydrogen (secondary N) is 1. The molecule has 4 rings (SSSR count). The Balaban J connectivity index is 0.00000361. The molecule has 10 nitrogen and oxygen atoms in total. The smallest absolute Gasteiger partial charge is 0.871 e. The van der Waals surface area contributed by atoms with Crippen molar-refractivity contribution in [1.82, 2.24) is 0 Å². The van der Waals surface area contributed by atoms with Crippen LogP contribution in [0.2, 0.25) is 0 Å². The topological polar surface area (TPSA) is 167 Å². The van der Waals surface area contributed by atoms with Crippen LogP contribution in [0.3, 0.4) is 0 Å². The molecule has 0 aliphatic heterocycles. The van der Waals surface area contributed by atoms with Gasteiger partial charge in [0.05, 0.1) is 18.5 Å². The van der Waals surface area contributed by atoms with E-state index in [2.05, 4.69) is 15.5 Å². The summed E-state index contributed by atoms with van der Waals surface area (Å²) in [6, 6.07) is 18.1. The fourth-order valence-corrected chi connectivity index (χ4v) is 3.96. The number of nitrogens with zero attached hydrogens (tertiary/aromatic N) is 2. The van der Waals surface area contributed by atoms with Gasteiger partial charge in [0.2, 0.25) is 0 Å². The minimum absolute atomic E-state index is 0. The molecule has 0 fully saturated rings. The largest absolute Gasteiger partial charge is 1.00 e. The van der Waals surface area contributed by atoms with Crippen LogP contribution in [0.5, 0.6) is 11.5 Å². The molecule has 12 heteroatoms. The van der Waals surface area contributed by atoms with Gasteiger partial charge in [-0.25, -0.2) is 0 Å². The first-order chi connectivity index (χ1) is 16.7. The third-order valence-corrected chi connectivity index (χ3v) is 5.94. The number of fused-ring (bicyclic) bond motifs is 1. The number of ether oxygens (including phenoxy) is 1. The van der Waals surface area contributed by atoms with Gasteiger partial charge in [0.15, 0.2) is 0 Å². The maximum absolute atomic E-state index is 13.1. The number of nitrogen functional groups attached to an aromatic ring is 1. The van der Waals surface area contributed by atoms with Gasteiger partial charge in [-0.15, -0.1) is 5.11 Å². The van der Waals surface area contributed by atoms with E-state index in [1.165, 1.54) is 25.3 Å². The van der Waals surface area contributed by atoms with Gasteiger partial charge in [-0.1, -0.05) is 11.8 Å². The molecule has 0 radical (unpaired) electrons. The number of amides is 1. The summed E-state index contributed by atoms with van der Waals surface area (Å²) in [5.41, 5.74) is 6.62. The molecule has 0 atom stereocenters. The zero-order valence-electron chi connectivity index (χ0n) is 19.3. The summed E-state index contributed by atoms with van der Waals surface area (Å²) in [4.78, 5) is 11.8. The molecule has 36 heavy (non-hydrogen) atoms. The first kappa shape index (κ1) is 27.1. The van der Waals surface area contributed by atoms with Crippen molar-refractivity contribution >= 4 is 49.5 Å². The van der Waals surface area contributed by atoms with Crippen molar-refractivity contribution in [2.24, 2.45) is 10.2 Å². The van der Waals surface area contributed by atoms with Crippen molar-refractivity contribution in [3.8, 4) is 11.5 Å². The molecular formula is C24H19N4NaO6S. The molecule has 0 aliphatic carbocycles. The van der Waals surface area contributed by atoms with Gasteiger partial charge in [-0.2, -0.15) is 13.5 Å². The molecule has 4 N–H and O–H groups in total. The maximum Gasteiger partial charge on any atom is 1.00 e. The normalized spacial score (nSPS) is 11.3. The molecule has 1 amide bonds. The van der Waals surface area contributed by atoms with E-state index in [1.807, 2.05) is 0 Å². The predicted octanol–water partition coefficient (Wildman–Crippen LogP) is 1.42. The van der Waals surface area contributed by atoms with E-state index in [0.717, 1.165) is 6.07 Å². The van der Waals surface area contributed by atoms with E-state index in [1.54, 1.807) is 48.5 Å². The quantitative estimate of drug-likeness (QED) is 0.151. The molecule has 178 valence electrons. The van der Waals surface area contributed by atoms with Gasteiger partial charge >= 0.3 is 29.6 Å². The van der Waals surface area contributed by atoms with E-state index in [4.69, 9.17) is 10.5 Å². The number of carbonyl (C=O) groups excluding carboxylic acids is 1. The summed E-state index contributed by atoms with van der Waals surface area (Å²) in [7, 11) is -3.32. The van der Waals surface area contributed by atoms with Crippen LogP contribution in [0.15, 0.2) is 87.9 Å². The third kappa shape index (κ3) is 6.01. The minimum Gasteiger partial charge on any atom is -0.871 e. The summed E-state index contributed by atoms with van der Waals surface area (Å²) < 4.78 is 38.9. The van der Waals surface area contributed by atoms with Crippen molar-refractivity contribution in [2.45, 2.75) is 4.90 Å². The number of nitrogens with two attached hydrogens (primary N) is 1. The second-order valence-electron chi connectivity index (χ2n) is 7.44. The zero-order chi connectivity index (χ0) is 25.2. The molecule has 0 spiro atoms. The van der Waals surface area contributed by atoms with E-state index in [0.29, 0.717) is 28.4 Å². The van der Waals surface area contributed by atoms with Crippen LogP contribution in [-0.4, -0.2) is 26.0 Å². The van der Waals surface area contributed by atoms with E-state index >= 15 is 0 Å². The molecule has 0 saturated carbocycles. The molecule has 0 aromatic heterocycles. The van der Waals surface area contributed by atoms with E-state index in [9.17, 15) is 22.9 Å². The SMILES string of the molecule is COc1ccc(N=Nc2c(S(=O)(=O)O)cc3cc(NC(=O)c4ccc(N)cc4)ccc3c2[O-])cc1.[Na+]. The van der Waals surface area contributed by atoms with Crippen LogP contribution in [0.1, 0.15) is 10.4 Å². The molecule has 0 heterocycles. The van der Waals surface area contributed by atoms with Crippen molar-refractivity contribution < 1.29 is 57.2 Å². The minimum atomic E-state index is -4.82. The number of hydrogen-bond acceptors (Lipinski definition) is 8. The summed E-state index contributed by atoms with van der Waals surface area (Å²) in [5.74, 6) is -0.590. The van der Waals surface area contributed by atoms with Crippen molar-refractivity contribution in [3.05, 3.63) is 78.4 Å². The van der Waals surface area contributed by atoms with Crippen LogP contribution in [0.4, 0.5) is 22.7 Å². The Hall–Kier alpha value is -3.48. The molecule has 4 aromatic carbocycles. The molecule has 0 aliphatic rings. The monoisotopic (exact) mass is 514 g/mol. The average molecular weight is 514 g/mol. The van der Waals surface area contributed by atoms with Gasteiger partial charge in [0.25, 0.3) is 16.0 Å². The van der Waals surface area contributed by atoms with E-state index < -0.39 is 32.4 Å². The summed E-state index contributed by atoms with van der Waals surface area (Å²) in [5, 5.41) is 23.8. The summed E-state index contributed by atoms with van der Waals surface area (Å²) in [6.07, 6.45) is 0. The number of methoxy groups -OCH3 is 1. The molecular weight excluding hydrogens is 495 g/mol. The average Bonchev–Trinajstić information content (AvgIpc) is 2.83. The Labute approximate surface area is 228 Å². The summed E-state index contributed by atoms with van der Waals surface area (Å²) >= 11 is 0. The van der Waals surface area contributed by atoms with Gasteiger partial charge < -0.3 is 20.9 Å². The van der Waals surface area contributed by atoms with E-state index in [-0.39, 0.29) is 40.3 Å². The van der Waals surface area contributed by atoms with Crippen molar-refractivity contribution in [1.29, 1.82) is 0 Å². The molecule has 0 unspecified atom stereocenters. The molecule has 0 bridgehead atoms. The molecule has 4 aromatic rings. The Kier molecular flexibility index (Phi) is 8.33. The number of hydrogen-bond donors (Lipinski definition) is 3. The number of azo groups is 1. The Bertz CT molecular complexity index is 1560. The van der Waals surface area contributed by atoms with Gasteiger partial charge in [-0.05, 0) is 77.5 Å². The van der Waals surface area contributed by atoms with Crippen LogP contribution in [0.25, 0.3) is 10.8 Å². The maximum atomic E-state index is 13.1. The van der Waals surface area contributed by atoms with Crippen LogP contribution in [-0.2, 0) is 10.1 Å². The summed E-state index contributed by atoms with van der Waals surface area (Å²) in [6.45, 7) is 0. The fraction of sp³-hybridized carbons (Fsp3) is 0.0417. The van der Waals surface area contributed by atoms with Gasteiger partial charge in [0, 0.05) is 16.9 Å².